The molecule has 3 heteroatoms. The highest BCUT2D eigenvalue weighted by Crippen LogP contribution is 2.16. The van der Waals surface area contributed by atoms with Crippen molar-refractivity contribution in [2.45, 2.75) is 20.0 Å². The Labute approximate surface area is 104 Å². The standard InChI is InChI=1S/C14H22N2O/c1-3-16(11-14-10-15-8-9-17-14)13-6-4-12(2)5-7-13/h4-7,14-15H,3,8-11H2,1-2H3. The van der Waals surface area contributed by atoms with Crippen LogP contribution in [-0.2, 0) is 4.74 Å². The summed E-state index contributed by atoms with van der Waals surface area (Å²) in [7, 11) is 0. The van der Waals surface area contributed by atoms with Crippen LogP contribution in [0.2, 0.25) is 0 Å². The molecule has 1 atom stereocenters. The van der Waals surface area contributed by atoms with Crippen LogP contribution in [0, 0.1) is 6.92 Å². The first-order chi connectivity index (χ1) is 8.29. The maximum Gasteiger partial charge on any atom is 0.0874 e. The Balaban J connectivity index is 1.97. The van der Waals surface area contributed by atoms with Gasteiger partial charge in [-0.25, -0.2) is 0 Å². The maximum absolute atomic E-state index is 5.75. The number of nitrogens with zero attached hydrogens (tertiary/aromatic N) is 1. The summed E-state index contributed by atoms with van der Waals surface area (Å²) in [5.74, 6) is 0. The van der Waals surface area contributed by atoms with Gasteiger partial charge in [0.1, 0.15) is 0 Å². The predicted molar refractivity (Wildman–Crippen MR) is 71.7 cm³/mol. The predicted octanol–water partition coefficient (Wildman–Crippen LogP) is 1.81. The number of likely N-dealkylation sites (N-methyl/N-ethyl adjacent to an activating group) is 1. The minimum Gasteiger partial charge on any atom is -0.374 e. The molecule has 1 unspecified atom stereocenters. The van der Waals surface area contributed by atoms with Gasteiger partial charge < -0.3 is 15.0 Å². The van der Waals surface area contributed by atoms with Crippen LogP contribution < -0.4 is 10.2 Å². The van der Waals surface area contributed by atoms with Crippen molar-refractivity contribution in [2.24, 2.45) is 0 Å². The van der Waals surface area contributed by atoms with E-state index in [9.17, 15) is 0 Å². The van der Waals surface area contributed by atoms with E-state index in [0.29, 0.717) is 6.10 Å². The summed E-state index contributed by atoms with van der Waals surface area (Å²) in [5, 5.41) is 3.37. The molecule has 1 N–H and O–H groups in total. The van der Waals surface area contributed by atoms with E-state index >= 15 is 0 Å². The summed E-state index contributed by atoms with van der Waals surface area (Å²) < 4.78 is 5.75. The van der Waals surface area contributed by atoms with Gasteiger partial charge in [-0.2, -0.15) is 0 Å². The van der Waals surface area contributed by atoms with Crippen LogP contribution in [-0.4, -0.2) is 38.9 Å². The molecule has 0 amide bonds. The van der Waals surface area contributed by atoms with E-state index in [1.807, 2.05) is 0 Å². The van der Waals surface area contributed by atoms with E-state index in [2.05, 4.69) is 48.3 Å². The maximum atomic E-state index is 5.75. The molecule has 17 heavy (non-hydrogen) atoms. The summed E-state index contributed by atoms with van der Waals surface area (Å²) in [6.07, 6.45) is 0.310. The highest BCUT2D eigenvalue weighted by Gasteiger charge is 2.16. The zero-order chi connectivity index (χ0) is 12.1. The lowest BCUT2D eigenvalue weighted by Crippen LogP contribution is -2.45. The van der Waals surface area contributed by atoms with Gasteiger partial charge in [0.2, 0.25) is 0 Å². The third-order valence-electron chi connectivity index (χ3n) is 3.21. The van der Waals surface area contributed by atoms with Gasteiger partial charge in [0.15, 0.2) is 0 Å². The van der Waals surface area contributed by atoms with Gasteiger partial charge in [0, 0.05) is 31.9 Å². The summed E-state index contributed by atoms with van der Waals surface area (Å²) in [6.45, 7) is 9.06. The van der Waals surface area contributed by atoms with Crippen molar-refractivity contribution in [3.05, 3.63) is 29.8 Å². The van der Waals surface area contributed by atoms with E-state index in [4.69, 9.17) is 4.74 Å². The highest BCUT2D eigenvalue weighted by molar-refractivity contribution is 5.47. The average molecular weight is 234 g/mol. The van der Waals surface area contributed by atoms with Crippen LogP contribution in [0.15, 0.2) is 24.3 Å². The molecule has 3 nitrogen and oxygen atoms in total. The SMILES string of the molecule is CCN(CC1CNCCO1)c1ccc(C)cc1. The molecule has 0 aliphatic carbocycles. The molecule has 1 aliphatic rings. The Morgan fingerprint density at radius 1 is 1.35 bits per heavy atom. The fraction of sp³-hybridized carbons (Fsp3) is 0.571. The molecule has 94 valence electrons. The van der Waals surface area contributed by atoms with Gasteiger partial charge >= 0.3 is 0 Å². The minimum atomic E-state index is 0.310. The number of ether oxygens (including phenoxy) is 1. The molecular formula is C14H22N2O. The lowest BCUT2D eigenvalue weighted by atomic mass is 10.2. The zero-order valence-electron chi connectivity index (χ0n) is 10.8. The van der Waals surface area contributed by atoms with Crippen LogP contribution in [0.5, 0.6) is 0 Å². The Morgan fingerprint density at radius 2 is 2.12 bits per heavy atom. The van der Waals surface area contributed by atoms with E-state index in [-0.39, 0.29) is 0 Å². The largest absolute Gasteiger partial charge is 0.374 e. The Bertz CT molecular complexity index is 331. The van der Waals surface area contributed by atoms with Crippen LogP contribution >= 0.6 is 0 Å². The quantitative estimate of drug-likeness (QED) is 0.860. The zero-order valence-corrected chi connectivity index (χ0v) is 10.8. The number of aryl methyl sites for hydroxylation is 1. The van der Waals surface area contributed by atoms with Gasteiger partial charge in [0.05, 0.1) is 12.7 Å². The van der Waals surface area contributed by atoms with Crippen LogP contribution in [0.4, 0.5) is 5.69 Å². The smallest absolute Gasteiger partial charge is 0.0874 e. The number of nitrogens with one attached hydrogen (secondary N) is 1. The van der Waals surface area contributed by atoms with E-state index in [1.54, 1.807) is 0 Å². The summed E-state index contributed by atoms with van der Waals surface area (Å²) >= 11 is 0. The molecule has 0 bridgehead atoms. The van der Waals surface area contributed by atoms with Gasteiger partial charge in [0.25, 0.3) is 0 Å². The summed E-state index contributed by atoms with van der Waals surface area (Å²) in [6, 6.07) is 8.71. The normalized spacial score (nSPS) is 20.2. The third kappa shape index (κ3) is 3.45. The van der Waals surface area contributed by atoms with Gasteiger partial charge in [-0.3, -0.25) is 0 Å². The number of anilines is 1. The summed E-state index contributed by atoms with van der Waals surface area (Å²) in [5.41, 5.74) is 2.59. The number of morpholine rings is 1. The molecule has 1 aromatic rings. The molecule has 1 aliphatic heterocycles. The van der Waals surface area contributed by atoms with Gasteiger partial charge in [-0.15, -0.1) is 0 Å². The van der Waals surface area contributed by atoms with Crippen LogP contribution in [0.25, 0.3) is 0 Å². The fourth-order valence-electron chi connectivity index (χ4n) is 2.16. The lowest BCUT2D eigenvalue weighted by molar-refractivity contribution is 0.0335. The van der Waals surface area contributed by atoms with Gasteiger partial charge in [-0.1, -0.05) is 17.7 Å². The molecule has 1 fully saturated rings. The second-order valence-electron chi connectivity index (χ2n) is 4.57. The fourth-order valence-corrected chi connectivity index (χ4v) is 2.16. The molecule has 1 heterocycles. The van der Waals surface area contributed by atoms with E-state index < -0.39 is 0 Å². The second kappa shape index (κ2) is 6.03. The minimum absolute atomic E-state index is 0.310. The first-order valence-corrected chi connectivity index (χ1v) is 6.43. The van der Waals surface area contributed by atoms with Crippen molar-refractivity contribution in [1.29, 1.82) is 0 Å². The van der Waals surface area contributed by atoms with E-state index in [1.165, 1.54) is 11.3 Å². The third-order valence-corrected chi connectivity index (χ3v) is 3.21. The molecule has 0 radical (unpaired) electrons. The number of hydrogen-bond donors (Lipinski definition) is 1. The Morgan fingerprint density at radius 3 is 2.71 bits per heavy atom. The molecule has 1 saturated heterocycles. The molecule has 2 rings (SSSR count). The van der Waals surface area contributed by atoms with Gasteiger partial charge in [-0.05, 0) is 26.0 Å². The number of benzene rings is 1. The lowest BCUT2D eigenvalue weighted by Gasteiger charge is -2.31. The molecule has 0 saturated carbocycles. The number of hydrogen-bond acceptors (Lipinski definition) is 3. The first-order valence-electron chi connectivity index (χ1n) is 6.43. The monoisotopic (exact) mass is 234 g/mol. The molecular weight excluding hydrogens is 212 g/mol. The second-order valence-corrected chi connectivity index (χ2v) is 4.57. The highest BCUT2D eigenvalue weighted by atomic mass is 16.5. The van der Waals surface area contributed by atoms with Crippen molar-refractivity contribution in [2.75, 3.05) is 37.7 Å². The van der Waals surface area contributed by atoms with Crippen molar-refractivity contribution in [1.82, 2.24) is 5.32 Å². The Kier molecular flexibility index (Phi) is 4.40. The molecule has 0 aromatic heterocycles. The van der Waals surface area contributed by atoms with Crippen molar-refractivity contribution < 1.29 is 4.74 Å². The van der Waals surface area contributed by atoms with Crippen LogP contribution in [0.3, 0.4) is 0 Å². The van der Waals surface area contributed by atoms with Crippen molar-refractivity contribution >= 4 is 5.69 Å². The Hall–Kier alpha value is -1.06. The molecule has 1 aromatic carbocycles. The van der Waals surface area contributed by atoms with Crippen molar-refractivity contribution in [3.8, 4) is 0 Å². The number of rotatable bonds is 4. The summed E-state index contributed by atoms with van der Waals surface area (Å²) in [4.78, 5) is 2.37. The van der Waals surface area contributed by atoms with Crippen molar-refractivity contribution in [3.63, 3.8) is 0 Å². The van der Waals surface area contributed by atoms with E-state index in [0.717, 1.165) is 32.8 Å². The van der Waals surface area contributed by atoms with Crippen LogP contribution in [0.1, 0.15) is 12.5 Å². The topological polar surface area (TPSA) is 24.5 Å². The average Bonchev–Trinajstić information content (AvgIpc) is 2.38. The first kappa shape index (κ1) is 12.4. The molecule has 0 spiro atoms.